The van der Waals surface area contributed by atoms with Crippen molar-refractivity contribution in [1.29, 1.82) is 0 Å². The zero-order valence-corrected chi connectivity index (χ0v) is 10.8. The van der Waals surface area contributed by atoms with Crippen LogP contribution < -0.4 is 5.32 Å². The third-order valence-corrected chi connectivity index (χ3v) is 3.57. The van der Waals surface area contributed by atoms with Gasteiger partial charge < -0.3 is 10.1 Å². The van der Waals surface area contributed by atoms with Gasteiger partial charge in [0.2, 0.25) is 5.13 Å². The van der Waals surface area contributed by atoms with Crippen molar-refractivity contribution in [3.05, 3.63) is 0 Å². The minimum atomic E-state index is 0.776. The monoisotopic (exact) mass is 247 g/mol. The molecule has 0 radical (unpaired) electrons. The Hall–Kier alpha value is -0.330. The predicted molar refractivity (Wildman–Crippen MR) is 65.9 cm³/mol. The van der Waals surface area contributed by atoms with Crippen LogP contribution in [0.2, 0.25) is 0 Å². The molecule has 1 N–H and O–H groups in total. The van der Waals surface area contributed by atoms with Crippen LogP contribution >= 0.6 is 23.1 Å². The van der Waals surface area contributed by atoms with Crippen molar-refractivity contribution in [1.82, 2.24) is 10.2 Å². The number of rotatable bonds is 8. The van der Waals surface area contributed by atoms with Gasteiger partial charge in [-0.1, -0.05) is 30.0 Å². The van der Waals surface area contributed by atoms with E-state index in [-0.39, 0.29) is 0 Å². The van der Waals surface area contributed by atoms with Crippen molar-refractivity contribution < 1.29 is 4.74 Å². The lowest BCUT2D eigenvalue weighted by Gasteiger charge is -1.97. The number of thioether (sulfide) groups is 1. The quantitative estimate of drug-likeness (QED) is 0.565. The third-order valence-electron chi connectivity index (χ3n) is 1.59. The lowest BCUT2D eigenvalue weighted by atomic mass is 10.5. The minimum absolute atomic E-state index is 0.776. The summed E-state index contributed by atoms with van der Waals surface area (Å²) in [6, 6.07) is 0. The SMILES string of the molecule is CCCNc1nnc(SCCOCC)s1. The van der Waals surface area contributed by atoms with Crippen LogP contribution in [-0.4, -0.2) is 35.7 Å². The van der Waals surface area contributed by atoms with Crippen molar-refractivity contribution in [3.8, 4) is 0 Å². The molecule has 0 saturated heterocycles. The van der Waals surface area contributed by atoms with Gasteiger partial charge in [-0.05, 0) is 13.3 Å². The van der Waals surface area contributed by atoms with Gasteiger partial charge in [-0.25, -0.2) is 0 Å². The molecule has 0 unspecified atom stereocenters. The van der Waals surface area contributed by atoms with E-state index in [1.807, 2.05) is 6.92 Å². The fraction of sp³-hybridized carbons (Fsp3) is 0.778. The Kier molecular flexibility index (Phi) is 6.71. The fourth-order valence-corrected chi connectivity index (χ4v) is 2.60. The van der Waals surface area contributed by atoms with E-state index in [0.29, 0.717) is 0 Å². The molecule has 1 heterocycles. The highest BCUT2D eigenvalue weighted by Gasteiger charge is 2.03. The number of hydrogen-bond donors (Lipinski definition) is 1. The Morgan fingerprint density at radius 3 is 3.00 bits per heavy atom. The number of ether oxygens (including phenoxy) is 1. The molecule has 0 bridgehead atoms. The smallest absolute Gasteiger partial charge is 0.206 e. The Morgan fingerprint density at radius 2 is 2.27 bits per heavy atom. The molecule has 0 aliphatic heterocycles. The molecule has 86 valence electrons. The minimum Gasteiger partial charge on any atom is -0.381 e. The molecular weight excluding hydrogens is 230 g/mol. The Balaban J connectivity index is 2.20. The maximum atomic E-state index is 5.25. The van der Waals surface area contributed by atoms with E-state index in [9.17, 15) is 0 Å². The van der Waals surface area contributed by atoms with Crippen LogP contribution in [-0.2, 0) is 4.74 Å². The lowest BCUT2D eigenvalue weighted by molar-refractivity contribution is 0.164. The first-order valence-electron chi connectivity index (χ1n) is 5.14. The molecule has 0 aromatic carbocycles. The summed E-state index contributed by atoms with van der Waals surface area (Å²) in [5.41, 5.74) is 0. The standard InChI is InChI=1S/C9H17N3OS2/c1-3-5-10-8-11-12-9(15-8)14-7-6-13-4-2/h3-7H2,1-2H3,(H,10,11). The van der Waals surface area contributed by atoms with Crippen LogP contribution in [0.5, 0.6) is 0 Å². The second-order valence-electron chi connectivity index (χ2n) is 2.85. The second-order valence-corrected chi connectivity index (χ2v) is 5.16. The first-order valence-corrected chi connectivity index (χ1v) is 6.95. The van der Waals surface area contributed by atoms with Gasteiger partial charge in [0.15, 0.2) is 4.34 Å². The molecule has 0 saturated carbocycles. The van der Waals surface area contributed by atoms with Gasteiger partial charge in [-0.2, -0.15) is 0 Å². The maximum Gasteiger partial charge on any atom is 0.206 e. The molecule has 1 aromatic heterocycles. The van der Waals surface area contributed by atoms with Crippen molar-refractivity contribution in [2.24, 2.45) is 0 Å². The molecule has 0 spiro atoms. The van der Waals surface area contributed by atoms with Gasteiger partial charge in [0, 0.05) is 18.9 Å². The summed E-state index contributed by atoms with van der Waals surface area (Å²) < 4.78 is 6.25. The van der Waals surface area contributed by atoms with Gasteiger partial charge in [-0.3, -0.25) is 0 Å². The Morgan fingerprint density at radius 1 is 1.40 bits per heavy atom. The van der Waals surface area contributed by atoms with Crippen LogP contribution in [0, 0.1) is 0 Å². The van der Waals surface area contributed by atoms with E-state index in [1.54, 1.807) is 23.1 Å². The number of hydrogen-bond acceptors (Lipinski definition) is 6. The zero-order chi connectivity index (χ0) is 10.9. The normalized spacial score (nSPS) is 10.5. The van der Waals surface area contributed by atoms with E-state index in [2.05, 4.69) is 22.4 Å². The highest BCUT2D eigenvalue weighted by atomic mass is 32.2. The number of nitrogens with one attached hydrogen (secondary N) is 1. The van der Waals surface area contributed by atoms with Crippen molar-refractivity contribution in [2.75, 3.05) is 30.8 Å². The molecule has 0 atom stereocenters. The number of aromatic nitrogens is 2. The van der Waals surface area contributed by atoms with Crippen LogP contribution in [0.15, 0.2) is 4.34 Å². The lowest BCUT2D eigenvalue weighted by Crippen LogP contribution is -1.98. The Bertz CT molecular complexity index is 268. The summed E-state index contributed by atoms with van der Waals surface area (Å²) in [5, 5.41) is 12.3. The largest absolute Gasteiger partial charge is 0.381 e. The molecule has 15 heavy (non-hydrogen) atoms. The van der Waals surface area contributed by atoms with Crippen LogP contribution in [0.25, 0.3) is 0 Å². The van der Waals surface area contributed by atoms with E-state index >= 15 is 0 Å². The number of anilines is 1. The maximum absolute atomic E-state index is 5.25. The average Bonchev–Trinajstić information content (AvgIpc) is 2.69. The van der Waals surface area contributed by atoms with Gasteiger partial charge in [-0.15, -0.1) is 10.2 Å². The van der Waals surface area contributed by atoms with Crippen LogP contribution in [0.1, 0.15) is 20.3 Å². The third kappa shape index (κ3) is 5.34. The fourth-order valence-electron chi connectivity index (χ4n) is 0.904. The van der Waals surface area contributed by atoms with Gasteiger partial charge in [0.1, 0.15) is 0 Å². The zero-order valence-electron chi connectivity index (χ0n) is 9.15. The van der Waals surface area contributed by atoms with Crippen LogP contribution in [0.3, 0.4) is 0 Å². The van der Waals surface area contributed by atoms with Crippen molar-refractivity contribution in [3.63, 3.8) is 0 Å². The summed E-state index contributed by atoms with van der Waals surface area (Å²) >= 11 is 3.30. The molecule has 0 fully saturated rings. The molecule has 0 aliphatic rings. The number of nitrogens with zero attached hydrogens (tertiary/aromatic N) is 2. The van der Waals surface area contributed by atoms with E-state index in [4.69, 9.17) is 4.74 Å². The summed E-state index contributed by atoms with van der Waals surface area (Å²) in [7, 11) is 0. The molecule has 0 amide bonds. The van der Waals surface area contributed by atoms with E-state index in [1.165, 1.54) is 0 Å². The van der Waals surface area contributed by atoms with Crippen LogP contribution in [0.4, 0.5) is 5.13 Å². The highest BCUT2D eigenvalue weighted by Crippen LogP contribution is 2.24. The highest BCUT2D eigenvalue weighted by molar-refractivity contribution is 8.01. The molecule has 1 rings (SSSR count). The summed E-state index contributed by atoms with van der Waals surface area (Å²) in [4.78, 5) is 0. The summed E-state index contributed by atoms with van der Waals surface area (Å²) in [5.74, 6) is 0.941. The molecule has 0 aliphatic carbocycles. The van der Waals surface area contributed by atoms with Gasteiger partial charge >= 0.3 is 0 Å². The van der Waals surface area contributed by atoms with Crippen molar-refractivity contribution >= 4 is 28.2 Å². The molecule has 1 aromatic rings. The van der Waals surface area contributed by atoms with E-state index in [0.717, 1.165) is 41.4 Å². The topological polar surface area (TPSA) is 47.0 Å². The molecular formula is C9H17N3OS2. The molecule has 4 nitrogen and oxygen atoms in total. The first-order chi connectivity index (χ1) is 7.36. The summed E-state index contributed by atoms with van der Waals surface area (Å²) in [6.07, 6.45) is 1.10. The predicted octanol–water partition coefficient (Wildman–Crippen LogP) is 2.49. The summed E-state index contributed by atoms with van der Waals surface area (Å²) in [6.45, 7) is 6.64. The van der Waals surface area contributed by atoms with Gasteiger partial charge in [0.25, 0.3) is 0 Å². The molecule has 6 heteroatoms. The average molecular weight is 247 g/mol. The van der Waals surface area contributed by atoms with Crippen molar-refractivity contribution in [2.45, 2.75) is 24.6 Å². The first kappa shape index (κ1) is 12.7. The van der Waals surface area contributed by atoms with E-state index < -0.39 is 0 Å². The Labute approximate surface area is 98.8 Å². The second kappa shape index (κ2) is 7.90. The van der Waals surface area contributed by atoms with Gasteiger partial charge in [0.05, 0.1) is 6.61 Å².